The van der Waals surface area contributed by atoms with Crippen molar-refractivity contribution in [3.63, 3.8) is 0 Å². The van der Waals surface area contributed by atoms with Gasteiger partial charge in [0.15, 0.2) is 5.82 Å². The van der Waals surface area contributed by atoms with Crippen LogP contribution >= 0.6 is 0 Å². The molecular weight excluding hydrogens is 394 g/mol. The van der Waals surface area contributed by atoms with Crippen molar-refractivity contribution < 1.29 is 14.3 Å². The van der Waals surface area contributed by atoms with Crippen molar-refractivity contribution in [2.24, 2.45) is 5.41 Å². The molecule has 2 aromatic rings. The molecule has 0 bridgehead atoms. The van der Waals surface area contributed by atoms with Gasteiger partial charge in [-0.15, -0.1) is 10.2 Å². The molecule has 2 aliphatic heterocycles. The molecule has 4 rings (SSSR count). The van der Waals surface area contributed by atoms with Crippen molar-refractivity contribution in [2.45, 2.75) is 58.8 Å². The Kier molecular flexibility index (Phi) is 6.03. The lowest BCUT2D eigenvalue weighted by Crippen LogP contribution is -2.45. The lowest BCUT2D eigenvalue weighted by molar-refractivity contribution is -0.00571. The molecule has 0 atom stereocenters. The molecule has 8 nitrogen and oxygen atoms in total. The molecule has 0 radical (unpaired) electrons. The minimum Gasteiger partial charge on any atom is -0.497 e. The Labute approximate surface area is 183 Å². The van der Waals surface area contributed by atoms with Gasteiger partial charge in [-0.3, -0.25) is 9.69 Å². The van der Waals surface area contributed by atoms with Gasteiger partial charge in [0.05, 0.1) is 13.7 Å². The number of nitrogens with one attached hydrogen (secondary N) is 1. The summed E-state index contributed by atoms with van der Waals surface area (Å²) in [5.41, 5.74) is 0.965. The Hall–Kier alpha value is -2.45. The number of rotatable bonds is 4. The average Bonchev–Trinajstić information content (AvgIpc) is 3.03. The number of fused-ring (bicyclic) bond motifs is 1. The van der Waals surface area contributed by atoms with Crippen molar-refractivity contribution >= 4 is 5.91 Å². The normalized spacial score (nSPS) is 19.0. The summed E-state index contributed by atoms with van der Waals surface area (Å²) in [6, 6.07) is 8.28. The van der Waals surface area contributed by atoms with Crippen LogP contribution in [0.3, 0.4) is 0 Å². The van der Waals surface area contributed by atoms with Crippen molar-refractivity contribution in [1.29, 1.82) is 0 Å². The van der Waals surface area contributed by atoms with Crippen LogP contribution in [-0.4, -0.2) is 57.9 Å². The minimum absolute atomic E-state index is 0.000794. The first-order chi connectivity index (χ1) is 14.8. The van der Waals surface area contributed by atoms with E-state index in [2.05, 4.69) is 32.5 Å². The molecule has 8 heteroatoms. The third kappa shape index (κ3) is 5.07. The lowest BCUT2D eigenvalue weighted by atomic mass is 9.78. The summed E-state index contributed by atoms with van der Waals surface area (Å²) in [5, 5.41) is 11.4. The third-order valence-corrected chi connectivity index (χ3v) is 6.13. The monoisotopic (exact) mass is 427 g/mol. The summed E-state index contributed by atoms with van der Waals surface area (Å²) in [4.78, 5) is 15.3. The SMILES string of the molecule is COc1ccc(CN2CCC3(CC2)COCc2nnc(C(=O)NC(C)(C)C)n2C3)cc1. The van der Waals surface area contributed by atoms with Crippen molar-refractivity contribution in [1.82, 2.24) is 25.0 Å². The summed E-state index contributed by atoms with van der Waals surface area (Å²) in [6.45, 7) is 10.6. The van der Waals surface area contributed by atoms with E-state index in [9.17, 15) is 4.79 Å². The molecule has 31 heavy (non-hydrogen) atoms. The van der Waals surface area contributed by atoms with E-state index < -0.39 is 0 Å². The molecule has 1 saturated heterocycles. The van der Waals surface area contributed by atoms with Gasteiger partial charge in [0.1, 0.15) is 12.4 Å². The van der Waals surface area contributed by atoms with Crippen molar-refractivity contribution in [3.8, 4) is 5.75 Å². The van der Waals surface area contributed by atoms with Crippen LogP contribution in [0.1, 0.15) is 55.6 Å². The quantitative estimate of drug-likeness (QED) is 0.808. The van der Waals surface area contributed by atoms with Crippen LogP contribution in [0.25, 0.3) is 0 Å². The molecule has 168 valence electrons. The molecule has 0 aliphatic carbocycles. The Morgan fingerprint density at radius 1 is 1.19 bits per heavy atom. The highest BCUT2D eigenvalue weighted by atomic mass is 16.5. The van der Waals surface area contributed by atoms with E-state index in [0.29, 0.717) is 19.0 Å². The van der Waals surface area contributed by atoms with Gasteiger partial charge in [-0.25, -0.2) is 0 Å². The van der Waals surface area contributed by atoms with Gasteiger partial charge in [-0.2, -0.15) is 0 Å². The van der Waals surface area contributed by atoms with E-state index in [0.717, 1.165) is 50.6 Å². The molecule has 1 fully saturated rings. The van der Waals surface area contributed by atoms with E-state index in [1.54, 1.807) is 7.11 Å². The van der Waals surface area contributed by atoms with Gasteiger partial charge in [0, 0.05) is 24.0 Å². The molecule has 1 amide bonds. The number of hydrogen-bond acceptors (Lipinski definition) is 6. The Morgan fingerprint density at radius 3 is 2.55 bits per heavy atom. The summed E-state index contributed by atoms with van der Waals surface area (Å²) in [6.07, 6.45) is 2.03. The number of carbonyl (C=O) groups excluding carboxylic acids is 1. The fraction of sp³-hybridized carbons (Fsp3) is 0.609. The van der Waals surface area contributed by atoms with E-state index >= 15 is 0 Å². The van der Waals surface area contributed by atoms with Gasteiger partial charge in [-0.1, -0.05) is 12.1 Å². The topological polar surface area (TPSA) is 81.5 Å². The fourth-order valence-corrected chi connectivity index (χ4v) is 4.39. The second-order valence-electron chi connectivity index (χ2n) is 9.85. The molecule has 1 aromatic heterocycles. The minimum atomic E-state index is -0.324. The number of benzene rings is 1. The summed E-state index contributed by atoms with van der Waals surface area (Å²) < 4.78 is 13.2. The van der Waals surface area contributed by atoms with E-state index in [4.69, 9.17) is 9.47 Å². The predicted molar refractivity (Wildman–Crippen MR) is 117 cm³/mol. The molecule has 2 aliphatic rings. The van der Waals surface area contributed by atoms with Gasteiger partial charge in [0.2, 0.25) is 5.82 Å². The number of hydrogen-bond donors (Lipinski definition) is 1. The Balaban J connectivity index is 1.43. The molecule has 1 spiro atoms. The number of ether oxygens (including phenoxy) is 2. The second-order valence-corrected chi connectivity index (χ2v) is 9.85. The average molecular weight is 428 g/mol. The highest BCUT2D eigenvalue weighted by Gasteiger charge is 2.39. The van der Waals surface area contributed by atoms with Crippen LogP contribution in [0.4, 0.5) is 0 Å². The van der Waals surface area contributed by atoms with Crippen LogP contribution in [0.5, 0.6) is 5.75 Å². The number of methoxy groups -OCH3 is 1. The van der Waals surface area contributed by atoms with Crippen molar-refractivity contribution in [2.75, 3.05) is 26.8 Å². The van der Waals surface area contributed by atoms with Crippen LogP contribution < -0.4 is 10.1 Å². The van der Waals surface area contributed by atoms with Crippen LogP contribution in [0.15, 0.2) is 24.3 Å². The Bertz CT molecular complexity index is 908. The van der Waals surface area contributed by atoms with Crippen molar-refractivity contribution in [3.05, 3.63) is 41.5 Å². The predicted octanol–water partition coefficient (Wildman–Crippen LogP) is 2.63. The third-order valence-electron chi connectivity index (χ3n) is 6.13. The molecule has 3 heterocycles. The maximum absolute atomic E-state index is 12.8. The van der Waals surface area contributed by atoms with E-state index in [1.165, 1.54) is 5.56 Å². The van der Waals surface area contributed by atoms with Gasteiger partial charge in [-0.05, 0) is 64.4 Å². The highest BCUT2D eigenvalue weighted by molar-refractivity contribution is 5.91. The van der Waals surface area contributed by atoms with Crippen LogP contribution in [-0.2, 0) is 24.4 Å². The maximum Gasteiger partial charge on any atom is 0.289 e. The summed E-state index contributed by atoms with van der Waals surface area (Å²) >= 11 is 0. The fourth-order valence-electron chi connectivity index (χ4n) is 4.39. The largest absolute Gasteiger partial charge is 0.497 e. The first kappa shape index (κ1) is 21.8. The molecule has 0 unspecified atom stereocenters. The second kappa shape index (κ2) is 8.59. The number of carbonyl (C=O) groups is 1. The number of piperidine rings is 1. The van der Waals surface area contributed by atoms with E-state index in [-0.39, 0.29) is 16.9 Å². The molecule has 1 N–H and O–H groups in total. The number of likely N-dealkylation sites (tertiary alicyclic amines) is 1. The van der Waals surface area contributed by atoms with Gasteiger partial charge >= 0.3 is 0 Å². The summed E-state index contributed by atoms with van der Waals surface area (Å²) in [5.74, 6) is 1.82. The van der Waals surface area contributed by atoms with Crippen LogP contribution in [0, 0.1) is 5.41 Å². The molecule has 1 aromatic carbocycles. The highest BCUT2D eigenvalue weighted by Crippen LogP contribution is 2.37. The maximum atomic E-state index is 12.8. The zero-order chi connectivity index (χ0) is 22.1. The molecule has 0 saturated carbocycles. The lowest BCUT2D eigenvalue weighted by Gasteiger charge is -2.41. The number of aromatic nitrogens is 3. The molecular formula is C23H33N5O3. The Morgan fingerprint density at radius 2 is 1.90 bits per heavy atom. The summed E-state index contributed by atoms with van der Waals surface area (Å²) in [7, 11) is 1.69. The van der Waals surface area contributed by atoms with Crippen LogP contribution in [0.2, 0.25) is 0 Å². The first-order valence-corrected chi connectivity index (χ1v) is 10.9. The van der Waals surface area contributed by atoms with Gasteiger partial charge < -0.3 is 19.4 Å². The smallest absolute Gasteiger partial charge is 0.289 e. The van der Waals surface area contributed by atoms with Gasteiger partial charge in [0.25, 0.3) is 5.91 Å². The number of nitrogens with zero attached hydrogens (tertiary/aromatic N) is 4. The zero-order valence-corrected chi connectivity index (χ0v) is 19.0. The number of amides is 1. The standard InChI is InChI=1S/C23H33N5O3/c1-22(2,3)24-21(29)20-26-25-19-14-31-16-23(15-28(19)20)9-11-27(12-10-23)13-17-5-7-18(30-4)8-6-17/h5-8H,9-16H2,1-4H3,(H,24,29). The zero-order valence-electron chi connectivity index (χ0n) is 19.0. The first-order valence-electron chi connectivity index (χ1n) is 10.9. The van der Waals surface area contributed by atoms with E-state index in [1.807, 2.05) is 37.5 Å².